The topological polar surface area (TPSA) is 84.4 Å². The number of benzene rings is 2. The van der Waals surface area contributed by atoms with Crippen LogP contribution in [0.3, 0.4) is 0 Å². The first-order valence-corrected chi connectivity index (χ1v) is 12.2. The van der Waals surface area contributed by atoms with Gasteiger partial charge in [0.05, 0.1) is 17.3 Å². The molecule has 0 aliphatic carbocycles. The van der Waals surface area contributed by atoms with Crippen molar-refractivity contribution in [3.8, 4) is 5.75 Å². The normalized spacial score (nSPS) is 10.5. The highest BCUT2D eigenvalue weighted by molar-refractivity contribution is 6.38. The van der Waals surface area contributed by atoms with Crippen molar-refractivity contribution < 1.29 is 14.3 Å². The fourth-order valence-electron chi connectivity index (χ4n) is 3.58. The summed E-state index contributed by atoms with van der Waals surface area (Å²) in [6, 6.07) is 16.5. The van der Waals surface area contributed by atoms with Gasteiger partial charge in [0, 0.05) is 47.2 Å². The van der Waals surface area contributed by atoms with Gasteiger partial charge in [0.25, 0.3) is 0 Å². The Hall–Kier alpha value is -3.36. The number of amides is 2. The van der Waals surface area contributed by atoms with Crippen molar-refractivity contribution in [2.24, 2.45) is 0 Å². The number of halogens is 4. The summed E-state index contributed by atoms with van der Waals surface area (Å²) in [7, 11) is 1.58. The fraction of sp³-hybridized carbons (Fsp3) is 0.143. The van der Waals surface area contributed by atoms with E-state index in [-0.39, 0.29) is 48.9 Å². The smallest absolute Gasteiger partial charge is 0.246 e. The molecule has 2 aromatic heterocycles. The van der Waals surface area contributed by atoms with E-state index in [2.05, 4.69) is 15.3 Å². The molecule has 4 aromatic rings. The number of hydrogen-bond acceptors (Lipinski definition) is 5. The van der Waals surface area contributed by atoms with E-state index in [0.717, 1.165) is 22.2 Å². The summed E-state index contributed by atoms with van der Waals surface area (Å²) in [6.45, 7) is 1.79. The Labute approximate surface area is 249 Å². The molecule has 0 unspecified atom stereocenters. The van der Waals surface area contributed by atoms with Crippen molar-refractivity contribution in [2.75, 3.05) is 18.5 Å². The maximum atomic E-state index is 12.8. The summed E-state index contributed by atoms with van der Waals surface area (Å²) in [5.74, 6) is -0.154. The Kier molecular flexibility index (Phi) is 12.0. The Bertz CT molecular complexity index is 1480. The molecule has 0 fully saturated rings. The summed E-state index contributed by atoms with van der Waals surface area (Å²) < 4.78 is 6.06. The minimum Gasteiger partial charge on any atom is -0.487 e. The highest BCUT2D eigenvalue weighted by atomic mass is 35.5. The van der Waals surface area contributed by atoms with Crippen LogP contribution in [0.1, 0.15) is 16.8 Å². The Morgan fingerprint density at radius 1 is 1.05 bits per heavy atom. The average molecular weight is 608 g/mol. The van der Waals surface area contributed by atoms with Gasteiger partial charge in [-0.25, -0.2) is 4.98 Å². The highest BCUT2D eigenvalue weighted by Crippen LogP contribution is 2.35. The third-order valence-electron chi connectivity index (χ3n) is 5.62. The minimum absolute atomic E-state index is 0. The summed E-state index contributed by atoms with van der Waals surface area (Å²) in [5, 5.41) is 4.23. The number of nitrogens with zero attached hydrogens (tertiary/aromatic N) is 3. The molecular weight excluding hydrogens is 582 g/mol. The number of pyridine rings is 2. The molecule has 0 atom stereocenters. The highest BCUT2D eigenvalue weighted by Gasteiger charge is 2.19. The van der Waals surface area contributed by atoms with Crippen molar-refractivity contribution in [1.29, 1.82) is 0 Å². The molecule has 7 nitrogen and oxygen atoms in total. The van der Waals surface area contributed by atoms with E-state index in [0.29, 0.717) is 22.0 Å². The van der Waals surface area contributed by atoms with Crippen LogP contribution in [0, 0.1) is 6.92 Å². The van der Waals surface area contributed by atoms with Crippen LogP contribution in [-0.4, -0.2) is 35.4 Å². The maximum Gasteiger partial charge on any atom is 0.246 e. The number of anilines is 1. The van der Waals surface area contributed by atoms with E-state index in [1.807, 2.05) is 43.3 Å². The number of rotatable bonds is 8. The van der Waals surface area contributed by atoms with Gasteiger partial charge in [0.15, 0.2) is 0 Å². The summed E-state index contributed by atoms with van der Waals surface area (Å²) in [6.07, 6.45) is 6.24. The predicted molar refractivity (Wildman–Crippen MR) is 161 cm³/mol. The fourth-order valence-corrected chi connectivity index (χ4v) is 4.19. The number of likely N-dealkylation sites (N-methyl/N-ethyl adjacent to an activating group) is 1. The molecule has 39 heavy (non-hydrogen) atoms. The molecule has 0 aliphatic heterocycles. The average Bonchev–Trinajstić information content (AvgIpc) is 2.90. The SMILES string of the molecule is Cc1ccc2cccc(OCc3c(Cl)ccc(N(C)C(=O)CNC(=O)C=Cc4cccnc4)c3Cl)c2n1.Cl.Cl. The molecule has 0 spiro atoms. The van der Waals surface area contributed by atoms with Gasteiger partial charge in [0.2, 0.25) is 11.8 Å². The molecule has 0 bridgehead atoms. The molecule has 2 heterocycles. The first-order chi connectivity index (χ1) is 17.8. The van der Waals surface area contributed by atoms with Gasteiger partial charge >= 0.3 is 0 Å². The lowest BCUT2D eigenvalue weighted by Crippen LogP contribution is -2.37. The second kappa shape index (κ2) is 14.7. The van der Waals surface area contributed by atoms with E-state index >= 15 is 0 Å². The van der Waals surface area contributed by atoms with Crippen LogP contribution in [0.25, 0.3) is 17.0 Å². The number of ether oxygens (including phenoxy) is 1. The molecular formula is C28H26Cl4N4O3. The molecule has 0 saturated heterocycles. The van der Waals surface area contributed by atoms with E-state index in [1.165, 1.54) is 11.0 Å². The number of para-hydroxylation sites is 1. The number of carbonyl (C=O) groups is 2. The lowest BCUT2D eigenvalue weighted by atomic mass is 10.1. The minimum atomic E-state index is -0.402. The number of nitrogens with one attached hydrogen (secondary N) is 1. The van der Waals surface area contributed by atoms with Crippen LogP contribution in [-0.2, 0) is 16.2 Å². The van der Waals surface area contributed by atoms with Crippen LogP contribution in [0.4, 0.5) is 5.69 Å². The van der Waals surface area contributed by atoms with Gasteiger partial charge in [-0.1, -0.05) is 47.5 Å². The molecule has 204 valence electrons. The van der Waals surface area contributed by atoms with Crippen LogP contribution in [0.5, 0.6) is 5.75 Å². The van der Waals surface area contributed by atoms with Crippen molar-refractivity contribution in [2.45, 2.75) is 13.5 Å². The van der Waals surface area contributed by atoms with Crippen molar-refractivity contribution in [1.82, 2.24) is 15.3 Å². The van der Waals surface area contributed by atoms with Crippen molar-refractivity contribution in [3.05, 3.63) is 99.9 Å². The molecule has 0 aliphatic rings. The maximum absolute atomic E-state index is 12.8. The zero-order valence-corrected chi connectivity index (χ0v) is 24.2. The second-order valence-electron chi connectivity index (χ2n) is 8.22. The third kappa shape index (κ3) is 8.07. The lowest BCUT2D eigenvalue weighted by molar-refractivity contribution is -0.122. The summed E-state index contributed by atoms with van der Waals surface area (Å²) >= 11 is 13.1. The first-order valence-electron chi connectivity index (χ1n) is 11.4. The van der Waals surface area contributed by atoms with Crippen LogP contribution >= 0.6 is 48.0 Å². The number of aromatic nitrogens is 2. The van der Waals surface area contributed by atoms with E-state index in [9.17, 15) is 9.59 Å². The van der Waals surface area contributed by atoms with Crippen LogP contribution < -0.4 is 15.0 Å². The Balaban J connectivity index is 0.00000267. The molecule has 2 aromatic carbocycles. The van der Waals surface area contributed by atoms with Gasteiger partial charge in [-0.3, -0.25) is 14.6 Å². The zero-order valence-electron chi connectivity index (χ0n) is 21.1. The van der Waals surface area contributed by atoms with Crippen molar-refractivity contribution >= 4 is 82.5 Å². The number of fused-ring (bicyclic) bond motifs is 1. The number of carbonyl (C=O) groups excluding carboxylic acids is 2. The Morgan fingerprint density at radius 2 is 1.85 bits per heavy atom. The van der Waals surface area contributed by atoms with Crippen LogP contribution in [0.15, 0.2) is 73.1 Å². The molecule has 4 rings (SSSR count). The largest absolute Gasteiger partial charge is 0.487 e. The van der Waals surface area contributed by atoms with E-state index < -0.39 is 5.91 Å². The van der Waals surface area contributed by atoms with Crippen LogP contribution in [0.2, 0.25) is 10.0 Å². The Morgan fingerprint density at radius 3 is 2.59 bits per heavy atom. The lowest BCUT2D eigenvalue weighted by Gasteiger charge is -2.21. The predicted octanol–water partition coefficient (Wildman–Crippen LogP) is 6.46. The van der Waals surface area contributed by atoms with Crippen molar-refractivity contribution in [3.63, 3.8) is 0 Å². The molecule has 2 amide bonds. The zero-order chi connectivity index (χ0) is 26.4. The first kappa shape index (κ1) is 31.9. The van der Waals surface area contributed by atoms with Gasteiger partial charge in [-0.05, 0) is 48.9 Å². The van der Waals surface area contributed by atoms with E-state index in [1.54, 1.807) is 43.7 Å². The molecule has 0 radical (unpaired) electrons. The third-order valence-corrected chi connectivity index (χ3v) is 6.40. The van der Waals surface area contributed by atoms with Gasteiger partial charge in [-0.15, -0.1) is 24.8 Å². The van der Waals surface area contributed by atoms with Gasteiger partial charge < -0.3 is 15.0 Å². The number of hydrogen-bond donors (Lipinski definition) is 1. The summed E-state index contributed by atoms with van der Waals surface area (Å²) in [5.41, 5.74) is 3.38. The molecule has 0 saturated carbocycles. The number of aryl methyl sites for hydroxylation is 1. The quantitative estimate of drug-likeness (QED) is 0.232. The van der Waals surface area contributed by atoms with Gasteiger partial charge in [0.1, 0.15) is 17.9 Å². The van der Waals surface area contributed by atoms with E-state index in [4.69, 9.17) is 27.9 Å². The second-order valence-corrected chi connectivity index (χ2v) is 9.00. The molecule has 11 heteroatoms. The standard InChI is InChI=1S/C28H24Cl2N4O3.2ClH/c1-18-8-10-20-6-3-7-24(28(20)33-18)37-17-21-22(29)11-12-23(27(21)30)34(2)26(36)16-32-25(35)13-9-19-5-4-14-31-15-19;;/h3-15H,16-17H2,1-2H3,(H,32,35);2*1H. The van der Waals surface area contributed by atoms with Gasteiger partial charge in [-0.2, -0.15) is 0 Å². The molecule has 1 N–H and O–H groups in total. The monoisotopic (exact) mass is 606 g/mol. The summed E-state index contributed by atoms with van der Waals surface area (Å²) in [4.78, 5) is 34.8.